The molecule has 4 aliphatic rings. The maximum absolute atomic E-state index is 15.1. The van der Waals surface area contributed by atoms with Crippen LogP contribution in [-0.4, -0.2) is 53.7 Å². The second-order valence-electron chi connectivity index (χ2n) is 12.5. The quantitative estimate of drug-likeness (QED) is 0.260. The number of allylic oxidation sites excluding steroid dienone is 4. The third-order valence-corrected chi connectivity index (χ3v) is 10.3. The van der Waals surface area contributed by atoms with Crippen molar-refractivity contribution < 1.29 is 46.2 Å². The predicted octanol–water partition coefficient (Wildman–Crippen LogP) is 5.88. The van der Waals surface area contributed by atoms with Gasteiger partial charge in [-0.2, -0.15) is 22.0 Å². The lowest BCUT2D eigenvalue weighted by Gasteiger charge is -2.56. The number of nitrogens with one attached hydrogen (secondary N) is 2. The Labute approximate surface area is 252 Å². The molecule has 0 spiro atoms. The maximum atomic E-state index is 15.1. The van der Waals surface area contributed by atoms with Gasteiger partial charge < -0.3 is 20.5 Å². The highest BCUT2D eigenvalue weighted by Crippen LogP contribution is 2.70. The Balaban J connectivity index is 1.46. The van der Waals surface area contributed by atoms with Gasteiger partial charge in [0.1, 0.15) is 12.1 Å². The summed E-state index contributed by atoms with van der Waals surface area (Å²) in [5.41, 5.74) is -0.704. The maximum Gasteiger partial charge on any atom is 0.456 e. The number of hydrogen-bond acceptors (Lipinski definition) is 5. The van der Waals surface area contributed by atoms with Gasteiger partial charge in [0.15, 0.2) is 5.78 Å². The number of ketones is 1. The highest BCUT2D eigenvalue weighted by molar-refractivity contribution is 5.93. The average Bonchev–Trinajstić information content (AvgIpc) is 3.25. The van der Waals surface area contributed by atoms with Gasteiger partial charge in [-0.05, 0) is 85.6 Å². The first-order valence-electron chi connectivity index (χ1n) is 15.0. The van der Waals surface area contributed by atoms with Crippen LogP contribution >= 0.6 is 0 Å². The van der Waals surface area contributed by atoms with Crippen LogP contribution in [0.4, 0.5) is 26.7 Å². The number of carbonyl (C=O) groups excluding carboxylic acids is 3. The largest absolute Gasteiger partial charge is 0.465 e. The van der Waals surface area contributed by atoms with Crippen LogP contribution < -0.4 is 10.6 Å². The third-order valence-electron chi connectivity index (χ3n) is 10.3. The minimum atomic E-state index is -5.91. The van der Waals surface area contributed by atoms with Gasteiger partial charge in [0, 0.05) is 24.3 Å². The van der Waals surface area contributed by atoms with Gasteiger partial charge >= 0.3 is 24.1 Å². The molecule has 7 nitrogen and oxygen atoms in total. The molecule has 1 aromatic carbocycles. The Bertz CT molecular complexity index is 1390. The molecule has 0 bridgehead atoms. The molecule has 0 heterocycles. The number of benzene rings is 1. The van der Waals surface area contributed by atoms with Crippen LogP contribution in [0.5, 0.6) is 0 Å². The van der Waals surface area contributed by atoms with E-state index < -0.39 is 53.4 Å². The van der Waals surface area contributed by atoms with Crippen molar-refractivity contribution in [2.24, 2.45) is 17.3 Å². The van der Waals surface area contributed by atoms with Gasteiger partial charge in [-0.3, -0.25) is 9.59 Å². The summed E-state index contributed by atoms with van der Waals surface area (Å²) >= 11 is 0. The van der Waals surface area contributed by atoms with E-state index >= 15 is 8.78 Å². The monoisotopic (exact) mass is 624 g/mol. The lowest BCUT2D eigenvalue weighted by atomic mass is 9.50. The van der Waals surface area contributed by atoms with Gasteiger partial charge in [0.05, 0.1) is 6.61 Å². The molecule has 4 aliphatic carbocycles. The van der Waals surface area contributed by atoms with Crippen molar-refractivity contribution in [1.82, 2.24) is 10.6 Å². The topological polar surface area (TPSA) is 105 Å². The zero-order valence-electron chi connectivity index (χ0n) is 24.7. The highest BCUT2D eigenvalue weighted by Gasteiger charge is 2.79. The van der Waals surface area contributed by atoms with Crippen LogP contribution in [0.25, 0.3) is 0 Å². The minimum Gasteiger partial charge on any atom is -0.465 e. The summed E-state index contributed by atoms with van der Waals surface area (Å²) in [5.74, 6) is -7.27. The van der Waals surface area contributed by atoms with Crippen molar-refractivity contribution in [3.63, 3.8) is 0 Å². The number of amides is 2. The number of halogens is 5. The molecule has 240 valence electrons. The molecule has 3 N–H and O–H groups in total. The normalized spacial score (nSPS) is 30.1. The van der Waals surface area contributed by atoms with E-state index in [4.69, 9.17) is 4.74 Å². The van der Waals surface area contributed by atoms with Gasteiger partial charge in [0.25, 0.3) is 0 Å². The second kappa shape index (κ2) is 11.6. The van der Waals surface area contributed by atoms with Crippen LogP contribution in [0.1, 0.15) is 75.8 Å². The number of alkyl halides is 5. The van der Waals surface area contributed by atoms with Gasteiger partial charge in [-0.15, -0.1) is 0 Å². The lowest BCUT2D eigenvalue weighted by molar-refractivity contribution is -0.362. The number of ether oxygens (including phenoxy) is 1. The second-order valence-corrected chi connectivity index (χ2v) is 12.5. The van der Waals surface area contributed by atoms with Crippen LogP contribution in [0, 0.1) is 17.3 Å². The Hall–Kier alpha value is -3.28. The Morgan fingerprint density at radius 1 is 1.05 bits per heavy atom. The number of hydrogen-bond donors (Lipinski definition) is 3. The molecule has 0 radical (unpaired) electrons. The van der Waals surface area contributed by atoms with Crippen molar-refractivity contribution >= 4 is 17.8 Å². The molecule has 1 aromatic rings. The molecule has 0 aromatic heterocycles. The van der Waals surface area contributed by atoms with E-state index in [9.17, 15) is 32.7 Å². The number of esters is 1. The van der Waals surface area contributed by atoms with E-state index in [1.54, 1.807) is 37.3 Å². The molecular formula is C32H37F5N2O5. The standard InChI is InChI=1S/C32H37F5N2O5/c1-3-44-26(41)17-39-28(42)38-16-18-4-6-19(7-5-18)24-15-29(2)25(12-13-30(29,43)31(33,34)32(35,36)37)23-10-8-20-14-21(40)9-11-22(20)27(23)24/h4-7,14,23-25,43H,3,8-13,15-17H2,1-2H3,(H2,38,39,42)/t23?,24-,25?,29+,30+/m1/s1. The number of carbonyl (C=O) groups is 3. The average molecular weight is 625 g/mol. The first-order valence-corrected chi connectivity index (χ1v) is 15.0. The molecule has 0 saturated heterocycles. The fourth-order valence-electron chi connectivity index (χ4n) is 8.19. The number of rotatable bonds is 7. The van der Waals surface area contributed by atoms with Crippen molar-refractivity contribution in [2.45, 2.75) is 89.0 Å². The van der Waals surface area contributed by atoms with Gasteiger partial charge in [-0.25, -0.2) is 4.79 Å². The van der Waals surface area contributed by atoms with Crippen molar-refractivity contribution in [1.29, 1.82) is 0 Å². The smallest absolute Gasteiger partial charge is 0.456 e. The first kappa shape index (κ1) is 32.1. The summed E-state index contributed by atoms with van der Waals surface area (Å²) in [6.07, 6.45) is -3.15. The fourth-order valence-corrected chi connectivity index (χ4v) is 8.19. The fraction of sp³-hybridized carbons (Fsp3) is 0.594. The van der Waals surface area contributed by atoms with E-state index in [0.29, 0.717) is 36.8 Å². The van der Waals surface area contributed by atoms with Crippen LogP contribution in [0.15, 0.2) is 47.1 Å². The zero-order valence-corrected chi connectivity index (χ0v) is 24.7. The molecule has 2 saturated carbocycles. The molecule has 5 atom stereocenters. The van der Waals surface area contributed by atoms with Crippen molar-refractivity contribution in [3.8, 4) is 0 Å². The van der Waals surface area contributed by atoms with Crippen LogP contribution in [0.3, 0.4) is 0 Å². The predicted molar refractivity (Wildman–Crippen MR) is 150 cm³/mol. The van der Waals surface area contributed by atoms with E-state index in [-0.39, 0.29) is 44.2 Å². The molecular weight excluding hydrogens is 587 g/mol. The van der Waals surface area contributed by atoms with Crippen molar-refractivity contribution in [2.75, 3.05) is 13.2 Å². The Morgan fingerprint density at radius 2 is 1.75 bits per heavy atom. The summed E-state index contributed by atoms with van der Waals surface area (Å²) in [4.78, 5) is 35.7. The lowest BCUT2D eigenvalue weighted by Crippen LogP contribution is -2.65. The Morgan fingerprint density at radius 3 is 2.41 bits per heavy atom. The van der Waals surface area contributed by atoms with E-state index in [2.05, 4.69) is 10.6 Å². The summed E-state index contributed by atoms with van der Waals surface area (Å²) < 4.78 is 76.3. The number of fused-ring (bicyclic) bond motifs is 4. The van der Waals surface area contributed by atoms with E-state index in [1.165, 1.54) is 6.92 Å². The van der Waals surface area contributed by atoms with Gasteiger partial charge in [-0.1, -0.05) is 36.8 Å². The zero-order chi connectivity index (χ0) is 32.1. The van der Waals surface area contributed by atoms with Crippen molar-refractivity contribution in [3.05, 3.63) is 58.2 Å². The molecule has 2 amide bonds. The van der Waals surface area contributed by atoms with E-state index in [1.807, 2.05) is 0 Å². The number of urea groups is 1. The summed E-state index contributed by atoms with van der Waals surface area (Å²) in [6, 6.07) is 6.45. The van der Waals surface area contributed by atoms with Crippen LogP contribution in [0.2, 0.25) is 0 Å². The van der Waals surface area contributed by atoms with Crippen LogP contribution in [-0.2, 0) is 20.9 Å². The molecule has 44 heavy (non-hydrogen) atoms. The minimum absolute atomic E-state index is 0.0169. The summed E-state index contributed by atoms with van der Waals surface area (Å²) in [5, 5.41) is 16.4. The highest BCUT2D eigenvalue weighted by atomic mass is 19.4. The molecule has 2 fully saturated rings. The summed E-state index contributed by atoms with van der Waals surface area (Å²) in [7, 11) is 0. The molecule has 12 heteroatoms. The number of aliphatic hydroxyl groups is 1. The SMILES string of the molecule is CCOC(=O)CNC(=O)NCc1ccc([C@H]2C[C@@]3(C)C(CC[C@@]3(O)C(F)(F)C(F)(F)F)C3CCC4=CC(=O)CCC4=C32)cc1. The molecule has 0 aliphatic heterocycles. The first-order chi connectivity index (χ1) is 20.6. The molecule has 2 unspecified atom stereocenters. The van der Waals surface area contributed by atoms with Gasteiger partial charge in [0.2, 0.25) is 0 Å². The van der Waals surface area contributed by atoms with E-state index in [0.717, 1.165) is 16.7 Å². The Kier molecular flexibility index (Phi) is 8.45. The third kappa shape index (κ3) is 5.32. The molecule has 5 rings (SSSR count). The summed E-state index contributed by atoms with van der Waals surface area (Å²) in [6.45, 7) is 3.05.